The van der Waals surface area contributed by atoms with E-state index in [4.69, 9.17) is 0 Å². The summed E-state index contributed by atoms with van der Waals surface area (Å²) in [6.45, 7) is 2.03. The van der Waals surface area contributed by atoms with Crippen LogP contribution in [0, 0.1) is 0 Å². The predicted octanol–water partition coefficient (Wildman–Crippen LogP) is 3.58. The Morgan fingerprint density at radius 3 is 2.71 bits per heavy atom. The number of nitrogens with zero attached hydrogens (tertiary/aromatic N) is 3. The van der Waals surface area contributed by atoms with Crippen molar-refractivity contribution in [2.75, 3.05) is 6.54 Å². The third-order valence-corrected chi connectivity index (χ3v) is 5.90. The Morgan fingerprint density at radius 2 is 1.83 bits per heavy atom. The van der Waals surface area contributed by atoms with Crippen LogP contribution < -0.4 is 5.56 Å². The molecule has 2 fully saturated rings. The van der Waals surface area contributed by atoms with Gasteiger partial charge in [0.2, 0.25) is 0 Å². The van der Waals surface area contributed by atoms with Crippen molar-refractivity contribution in [3.05, 3.63) is 40.9 Å². The van der Waals surface area contributed by atoms with E-state index in [0.29, 0.717) is 6.04 Å². The van der Waals surface area contributed by atoms with E-state index in [2.05, 4.69) is 9.88 Å². The van der Waals surface area contributed by atoms with E-state index in [1.807, 2.05) is 28.8 Å². The first-order valence-electron chi connectivity index (χ1n) is 9.53. The van der Waals surface area contributed by atoms with Crippen LogP contribution in [-0.2, 0) is 6.54 Å². The van der Waals surface area contributed by atoms with Gasteiger partial charge in [0, 0.05) is 18.6 Å². The number of benzene rings is 1. The Kier molecular flexibility index (Phi) is 4.65. The summed E-state index contributed by atoms with van der Waals surface area (Å²) >= 11 is 0. The molecule has 1 saturated heterocycles. The van der Waals surface area contributed by atoms with Crippen LogP contribution in [0.4, 0.5) is 0 Å². The van der Waals surface area contributed by atoms with Crippen LogP contribution in [0.1, 0.15) is 51.4 Å². The van der Waals surface area contributed by atoms with Gasteiger partial charge in [0.05, 0.1) is 17.2 Å². The first kappa shape index (κ1) is 15.8. The van der Waals surface area contributed by atoms with Gasteiger partial charge < -0.3 is 0 Å². The number of hydrogen-bond donors (Lipinski definition) is 0. The van der Waals surface area contributed by atoms with Gasteiger partial charge in [-0.05, 0) is 50.8 Å². The van der Waals surface area contributed by atoms with Gasteiger partial charge in [0.15, 0.2) is 0 Å². The Balaban J connectivity index is 1.49. The van der Waals surface area contributed by atoms with Crippen LogP contribution in [0.25, 0.3) is 10.9 Å². The number of aryl methyl sites for hydroxylation is 1. The van der Waals surface area contributed by atoms with Gasteiger partial charge in [-0.15, -0.1) is 0 Å². The molecule has 1 unspecified atom stereocenters. The normalized spacial score (nSPS) is 23.1. The van der Waals surface area contributed by atoms with Crippen molar-refractivity contribution >= 4 is 10.9 Å². The highest BCUT2D eigenvalue weighted by atomic mass is 16.1. The second kappa shape index (κ2) is 7.06. The lowest BCUT2D eigenvalue weighted by molar-refractivity contribution is 0.0880. The molecule has 0 spiro atoms. The minimum atomic E-state index is 0.101. The maximum absolute atomic E-state index is 12.6. The number of piperidine rings is 1. The summed E-state index contributed by atoms with van der Waals surface area (Å²) in [5.41, 5.74) is 0.896. The summed E-state index contributed by atoms with van der Waals surface area (Å²) in [4.78, 5) is 19.9. The summed E-state index contributed by atoms with van der Waals surface area (Å²) < 4.78 is 1.81. The van der Waals surface area contributed by atoms with Crippen LogP contribution in [0.5, 0.6) is 0 Å². The van der Waals surface area contributed by atoms with E-state index in [1.54, 1.807) is 6.33 Å². The molecule has 0 radical (unpaired) electrons. The van der Waals surface area contributed by atoms with Gasteiger partial charge in [-0.25, -0.2) is 4.98 Å². The maximum Gasteiger partial charge on any atom is 0.261 e. The lowest BCUT2D eigenvalue weighted by Gasteiger charge is -2.40. The second-order valence-electron chi connectivity index (χ2n) is 7.37. The van der Waals surface area contributed by atoms with Crippen molar-refractivity contribution in [2.24, 2.45) is 0 Å². The summed E-state index contributed by atoms with van der Waals surface area (Å²) in [7, 11) is 0. The molecule has 1 aliphatic heterocycles. The molecule has 2 aromatic rings. The smallest absolute Gasteiger partial charge is 0.261 e. The quantitative estimate of drug-likeness (QED) is 0.862. The summed E-state index contributed by atoms with van der Waals surface area (Å²) in [6.07, 6.45) is 12.3. The van der Waals surface area contributed by atoms with Gasteiger partial charge in [-0.2, -0.15) is 0 Å². The first-order chi connectivity index (χ1) is 11.8. The highest BCUT2D eigenvalue weighted by Crippen LogP contribution is 2.30. The molecule has 4 rings (SSSR count). The Bertz CT molecular complexity index is 748. The van der Waals surface area contributed by atoms with Crippen LogP contribution in [0.15, 0.2) is 35.4 Å². The largest absolute Gasteiger partial charge is 0.299 e. The topological polar surface area (TPSA) is 38.1 Å². The van der Waals surface area contributed by atoms with E-state index in [-0.39, 0.29) is 5.56 Å². The molecule has 0 bridgehead atoms. The number of likely N-dealkylation sites (tertiary alicyclic amines) is 1. The minimum Gasteiger partial charge on any atom is -0.299 e. The summed E-state index contributed by atoms with van der Waals surface area (Å²) in [5.74, 6) is 0. The number of hydrogen-bond acceptors (Lipinski definition) is 3. The molecular weight excluding hydrogens is 298 g/mol. The van der Waals surface area contributed by atoms with Crippen LogP contribution in [0.3, 0.4) is 0 Å². The van der Waals surface area contributed by atoms with E-state index >= 15 is 0 Å². The zero-order valence-corrected chi connectivity index (χ0v) is 14.4. The third kappa shape index (κ3) is 3.12. The van der Waals surface area contributed by atoms with Gasteiger partial charge in [0.25, 0.3) is 5.56 Å². The lowest BCUT2D eigenvalue weighted by atomic mass is 9.96. The summed E-state index contributed by atoms with van der Waals surface area (Å²) in [6, 6.07) is 9.07. The SMILES string of the molecule is O=c1c2ccccc2ncn1CCC1CCCCN1C1CCCC1. The number of rotatable bonds is 4. The fourth-order valence-electron chi connectivity index (χ4n) is 4.60. The van der Waals surface area contributed by atoms with Crippen LogP contribution >= 0.6 is 0 Å². The van der Waals surface area contributed by atoms with E-state index < -0.39 is 0 Å². The highest BCUT2D eigenvalue weighted by molar-refractivity contribution is 5.76. The molecule has 4 heteroatoms. The predicted molar refractivity (Wildman–Crippen MR) is 97.2 cm³/mol. The Morgan fingerprint density at radius 1 is 1.04 bits per heavy atom. The van der Waals surface area contributed by atoms with Crippen molar-refractivity contribution < 1.29 is 0 Å². The molecule has 1 atom stereocenters. The maximum atomic E-state index is 12.6. The molecule has 2 aliphatic rings. The molecule has 1 aliphatic carbocycles. The molecule has 2 heterocycles. The Labute approximate surface area is 143 Å². The fraction of sp³-hybridized carbons (Fsp3) is 0.600. The standard InChI is InChI=1S/C20H27N3O/c24-20-18-10-3-4-11-19(18)21-15-22(20)14-12-17-9-5-6-13-23(17)16-7-1-2-8-16/h3-4,10-11,15-17H,1-2,5-9,12-14H2. The lowest BCUT2D eigenvalue weighted by Crippen LogP contribution is -2.45. The Hall–Kier alpha value is -1.68. The molecule has 128 valence electrons. The molecule has 0 N–H and O–H groups in total. The summed E-state index contributed by atoms with van der Waals surface area (Å²) in [5, 5.41) is 0.733. The monoisotopic (exact) mass is 325 g/mol. The fourth-order valence-corrected chi connectivity index (χ4v) is 4.60. The average Bonchev–Trinajstić information content (AvgIpc) is 3.16. The van der Waals surface area contributed by atoms with Gasteiger partial charge in [-0.1, -0.05) is 31.4 Å². The van der Waals surface area contributed by atoms with E-state index in [9.17, 15) is 4.79 Å². The highest BCUT2D eigenvalue weighted by Gasteiger charge is 2.30. The average molecular weight is 325 g/mol. The van der Waals surface area contributed by atoms with Crippen molar-refractivity contribution in [3.8, 4) is 0 Å². The molecule has 4 nitrogen and oxygen atoms in total. The number of aromatic nitrogens is 2. The zero-order chi connectivity index (χ0) is 16.4. The first-order valence-corrected chi connectivity index (χ1v) is 9.53. The van der Waals surface area contributed by atoms with Gasteiger partial charge in [0.1, 0.15) is 0 Å². The van der Waals surface area contributed by atoms with Crippen molar-refractivity contribution in [3.63, 3.8) is 0 Å². The van der Waals surface area contributed by atoms with Crippen molar-refractivity contribution in [1.82, 2.24) is 14.5 Å². The molecule has 1 aromatic heterocycles. The number of fused-ring (bicyclic) bond motifs is 1. The van der Waals surface area contributed by atoms with Gasteiger partial charge in [-0.3, -0.25) is 14.3 Å². The van der Waals surface area contributed by atoms with Gasteiger partial charge >= 0.3 is 0 Å². The second-order valence-corrected chi connectivity index (χ2v) is 7.37. The van der Waals surface area contributed by atoms with Crippen molar-refractivity contribution in [2.45, 2.75) is 70.0 Å². The minimum absolute atomic E-state index is 0.101. The molecule has 0 amide bonds. The van der Waals surface area contributed by atoms with E-state index in [0.717, 1.165) is 29.9 Å². The molecule has 1 saturated carbocycles. The van der Waals surface area contributed by atoms with Crippen LogP contribution in [-0.4, -0.2) is 33.1 Å². The molecular formula is C20H27N3O. The van der Waals surface area contributed by atoms with Crippen molar-refractivity contribution in [1.29, 1.82) is 0 Å². The van der Waals surface area contributed by atoms with E-state index in [1.165, 1.54) is 51.5 Å². The third-order valence-electron chi connectivity index (χ3n) is 5.90. The number of para-hydroxylation sites is 1. The van der Waals surface area contributed by atoms with Crippen LogP contribution in [0.2, 0.25) is 0 Å². The zero-order valence-electron chi connectivity index (χ0n) is 14.4. The molecule has 1 aromatic carbocycles. The molecule has 24 heavy (non-hydrogen) atoms.